The van der Waals surface area contributed by atoms with E-state index in [0.29, 0.717) is 12.8 Å². The predicted molar refractivity (Wildman–Crippen MR) is 123 cm³/mol. The van der Waals surface area contributed by atoms with Gasteiger partial charge in [0.2, 0.25) is 6.43 Å². The van der Waals surface area contributed by atoms with Gasteiger partial charge in [-0.05, 0) is 40.5 Å². The molecule has 0 saturated carbocycles. The molecule has 0 radical (unpaired) electrons. The van der Waals surface area contributed by atoms with Crippen molar-refractivity contribution < 1.29 is 77.6 Å². The van der Waals surface area contributed by atoms with Crippen LogP contribution < -0.4 is 0 Å². The van der Waals surface area contributed by atoms with Crippen molar-refractivity contribution in [2.45, 2.75) is 91.7 Å². The molecule has 0 aromatic heterocycles. The number of rotatable bonds is 15. The van der Waals surface area contributed by atoms with Crippen LogP contribution in [0.1, 0.15) is 67.2 Å². The van der Waals surface area contributed by atoms with E-state index in [4.69, 9.17) is 4.74 Å². The summed E-state index contributed by atoms with van der Waals surface area (Å²) in [6.45, 7) is 7.72. The standard InChI is InChI=1S/C12H17F5O4.C12H18F4O4/c1-4-10(2,3)8(18)20-5-6-21-9(19)11(13,14)7-12(15,16)17;1-4-11(2,3)9(17)19-5-6-20-10(18)12(15,16)7-8(13)14/h4-7H2,1-3H3;8H,4-7H2,1-3H3. The minimum Gasteiger partial charge on any atom is -0.462 e. The topological polar surface area (TPSA) is 105 Å². The summed E-state index contributed by atoms with van der Waals surface area (Å²) in [6.07, 6.45) is -12.0. The highest BCUT2D eigenvalue weighted by molar-refractivity contribution is 5.78. The highest BCUT2D eigenvalue weighted by Gasteiger charge is 2.50. The highest BCUT2D eigenvalue weighted by atomic mass is 19.4. The van der Waals surface area contributed by atoms with Gasteiger partial charge < -0.3 is 18.9 Å². The van der Waals surface area contributed by atoms with E-state index >= 15 is 0 Å². The molecule has 0 fully saturated rings. The molecular weight excluding hydrogens is 587 g/mol. The second kappa shape index (κ2) is 16.6. The normalized spacial score (nSPS) is 12.7. The molecule has 242 valence electrons. The van der Waals surface area contributed by atoms with Crippen LogP contribution in [-0.4, -0.2) is 74.8 Å². The van der Waals surface area contributed by atoms with Gasteiger partial charge in [-0.15, -0.1) is 0 Å². The molecule has 41 heavy (non-hydrogen) atoms. The van der Waals surface area contributed by atoms with E-state index in [-0.39, 0.29) is 0 Å². The second-order valence-corrected chi connectivity index (χ2v) is 9.81. The van der Waals surface area contributed by atoms with Crippen LogP contribution in [0, 0.1) is 10.8 Å². The van der Waals surface area contributed by atoms with Crippen molar-refractivity contribution >= 4 is 23.9 Å². The van der Waals surface area contributed by atoms with Gasteiger partial charge in [0.1, 0.15) is 32.8 Å². The zero-order chi connectivity index (χ0) is 32.9. The van der Waals surface area contributed by atoms with Gasteiger partial charge in [0.15, 0.2) is 0 Å². The van der Waals surface area contributed by atoms with Crippen LogP contribution in [0.15, 0.2) is 0 Å². The van der Waals surface area contributed by atoms with Crippen molar-refractivity contribution in [3.8, 4) is 0 Å². The monoisotopic (exact) mass is 622 g/mol. The van der Waals surface area contributed by atoms with E-state index in [0.717, 1.165) is 0 Å². The Balaban J connectivity index is 0. The summed E-state index contributed by atoms with van der Waals surface area (Å²) in [6, 6.07) is 0. The van der Waals surface area contributed by atoms with Gasteiger partial charge in [0.05, 0.1) is 17.3 Å². The molecular formula is C24H35F9O8. The maximum absolute atomic E-state index is 12.8. The first-order valence-electron chi connectivity index (χ1n) is 12.1. The molecule has 8 nitrogen and oxygen atoms in total. The summed E-state index contributed by atoms with van der Waals surface area (Å²) in [5.74, 6) is -14.4. The first-order chi connectivity index (χ1) is 18.3. The maximum atomic E-state index is 12.8. The summed E-state index contributed by atoms with van der Waals surface area (Å²) >= 11 is 0. The minimum atomic E-state index is -5.19. The lowest BCUT2D eigenvalue weighted by Gasteiger charge is -2.20. The molecule has 0 unspecified atom stereocenters. The number of hydrogen-bond donors (Lipinski definition) is 0. The fraction of sp³-hybridized carbons (Fsp3) is 0.833. The molecule has 0 bridgehead atoms. The number of halogens is 9. The summed E-state index contributed by atoms with van der Waals surface area (Å²) < 4.78 is 128. The lowest BCUT2D eigenvalue weighted by molar-refractivity contribution is -0.209. The number of carbonyl (C=O) groups is 4. The van der Waals surface area contributed by atoms with E-state index in [2.05, 4.69) is 14.2 Å². The molecule has 0 aliphatic rings. The zero-order valence-electron chi connectivity index (χ0n) is 23.4. The van der Waals surface area contributed by atoms with Gasteiger partial charge in [-0.1, -0.05) is 13.8 Å². The number of esters is 4. The van der Waals surface area contributed by atoms with Crippen molar-refractivity contribution in [2.75, 3.05) is 26.4 Å². The Morgan fingerprint density at radius 2 is 0.854 bits per heavy atom. The van der Waals surface area contributed by atoms with Crippen molar-refractivity contribution in [3.05, 3.63) is 0 Å². The second-order valence-electron chi connectivity index (χ2n) is 9.81. The quantitative estimate of drug-likeness (QED) is 0.0963. The summed E-state index contributed by atoms with van der Waals surface area (Å²) in [5, 5.41) is 0. The Bertz CT molecular complexity index is 857. The molecule has 0 atom stereocenters. The van der Waals surface area contributed by atoms with Gasteiger partial charge >= 0.3 is 41.9 Å². The maximum Gasteiger partial charge on any atom is 0.395 e. The molecule has 0 amide bonds. The van der Waals surface area contributed by atoms with Gasteiger partial charge in [0, 0.05) is 0 Å². The molecule has 0 aromatic rings. The Hall–Kier alpha value is -2.75. The largest absolute Gasteiger partial charge is 0.462 e. The Labute approximate surface area is 231 Å². The molecule has 17 heteroatoms. The smallest absolute Gasteiger partial charge is 0.395 e. The number of hydrogen-bond acceptors (Lipinski definition) is 8. The predicted octanol–water partition coefficient (Wildman–Crippen LogP) is 5.90. The fourth-order valence-electron chi connectivity index (χ4n) is 2.03. The Morgan fingerprint density at radius 3 is 1.12 bits per heavy atom. The van der Waals surface area contributed by atoms with E-state index in [1.807, 2.05) is 0 Å². The van der Waals surface area contributed by atoms with Crippen LogP contribution in [0.3, 0.4) is 0 Å². The van der Waals surface area contributed by atoms with E-state index in [1.165, 1.54) is 0 Å². The zero-order valence-corrected chi connectivity index (χ0v) is 23.4. The number of carbonyl (C=O) groups excluding carboxylic acids is 4. The van der Waals surface area contributed by atoms with Crippen molar-refractivity contribution in [2.24, 2.45) is 10.8 Å². The van der Waals surface area contributed by atoms with Crippen LogP contribution in [0.2, 0.25) is 0 Å². The minimum absolute atomic E-state index is 0.404. The van der Waals surface area contributed by atoms with E-state index in [9.17, 15) is 58.7 Å². The first kappa shape index (κ1) is 40.4. The first-order valence-corrected chi connectivity index (χ1v) is 12.1. The summed E-state index contributed by atoms with van der Waals surface area (Å²) in [7, 11) is 0. The molecule has 0 N–H and O–H groups in total. The summed E-state index contributed by atoms with van der Waals surface area (Å²) in [5.41, 5.74) is -1.52. The SMILES string of the molecule is CCC(C)(C)C(=O)OCCOC(=O)C(F)(F)CC(F)(F)F.CCC(C)(C)C(=O)OCCOC(=O)C(F)(F)CC(F)F. The Morgan fingerprint density at radius 1 is 0.561 bits per heavy atom. The summed E-state index contributed by atoms with van der Waals surface area (Å²) in [4.78, 5) is 44.6. The molecule has 0 aromatic carbocycles. The van der Waals surface area contributed by atoms with Crippen LogP contribution in [0.25, 0.3) is 0 Å². The van der Waals surface area contributed by atoms with E-state index < -0.39 is 98.4 Å². The third kappa shape index (κ3) is 17.0. The van der Waals surface area contributed by atoms with E-state index in [1.54, 1.807) is 41.5 Å². The number of alkyl halides is 9. The number of ether oxygens (including phenoxy) is 4. The molecule has 0 rings (SSSR count). The molecule has 0 heterocycles. The fourth-order valence-corrected chi connectivity index (χ4v) is 2.03. The third-order valence-corrected chi connectivity index (χ3v) is 5.40. The van der Waals surface area contributed by atoms with Gasteiger partial charge in [-0.3, -0.25) is 9.59 Å². The van der Waals surface area contributed by atoms with Gasteiger partial charge in [-0.25, -0.2) is 18.4 Å². The van der Waals surface area contributed by atoms with Crippen LogP contribution in [-0.2, 0) is 38.1 Å². The Kier molecular flexibility index (Phi) is 16.4. The van der Waals surface area contributed by atoms with Crippen LogP contribution >= 0.6 is 0 Å². The average Bonchev–Trinajstić information content (AvgIpc) is 2.81. The van der Waals surface area contributed by atoms with Crippen LogP contribution in [0.5, 0.6) is 0 Å². The lowest BCUT2D eigenvalue weighted by atomic mass is 9.91. The average molecular weight is 623 g/mol. The lowest BCUT2D eigenvalue weighted by Crippen LogP contribution is -2.36. The van der Waals surface area contributed by atoms with Crippen molar-refractivity contribution in [1.29, 1.82) is 0 Å². The van der Waals surface area contributed by atoms with Crippen molar-refractivity contribution in [1.82, 2.24) is 0 Å². The molecule has 0 saturated heterocycles. The molecule has 0 aliphatic carbocycles. The van der Waals surface area contributed by atoms with Crippen LogP contribution in [0.4, 0.5) is 39.5 Å². The van der Waals surface area contributed by atoms with Gasteiger partial charge in [0.25, 0.3) is 0 Å². The molecule has 0 spiro atoms. The third-order valence-electron chi connectivity index (χ3n) is 5.40. The van der Waals surface area contributed by atoms with Gasteiger partial charge in [-0.2, -0.15) is 30.7 Å². The molecule has 0 aliphatic heterocycles. The van der Waals surface area contributed by atoms with Crippen molar-refractivity contribution in [3.63, 3.8) is 0 Å². The highest BCUT2D eigenvalue weighted by Crippen LogP contribution is 2.32.